The van der Waals surface area contributed by atoms with E-state index in [1.54, 1.807) is 0 Å². The molecular weight excluding hydrogens is 305 g/mol. The third kappa shape index (κ3) is 4.17. The highest BCUT2D eigenvalue weighted by atomic mass is 127. The summed E-state index contributed by atoms with van der Waals surface area (Å²) >= 11 is 2.14. The zero-order valence-electron chi connectivity index (χ0n) is 8.37. The molecule has 4 heteroatoms. The van der Waals surface area contributed by atoms with E-state index in [0.717, 1.165) is 16.4 Å². The molecule has 0 atom stereocenters. The van der Waals surface area contributed by atoms with Crippen molar-refractivity contribution >= 4 is 28.5 Å². The van der Waals surface area contributed by atoms with E-state index in [2.05, 4.69) is 27.9 Å². The molecule has 0 fully saturated rings. The van der Waals surface area contributed by atoms with E-state index in [0.29, 0.717) is 12.1 Å². The van der Waals surface area contributed by atoms with Crippen molar-refractivity contribution in [3.63, 3.8) is 0 Å². The Morgan fingerprint density at radius 3 is 2.73 bits per heavy atom. The topological polar surface area (TPSA) is 49.3 Å². The number of aliphatic hydroxyl groups is 1. The van der Waals surface area contributed by atoms with Gasteiger partial charge in [-0.1, -0.05) is 12.1 Å². The predicted octanol–water partition coefficient (Wildman–Crippen LogP) is 1.79. The number of amides is 1. The minimum Gasteiger partial charge on any atom is -0.396 e. The van der Waals surface area contributed by atoms with Gasteiger partial charge in [-0.2, -0.15) is 0 Å². The number of benzene rings is 1. The van der Waals surface area contributed by atoms with Gasteiger partial charge in [0.05, 0.1) is 5.56 Å². The predicted molar refractivity (Wildman–Crippen MR) is 67.8 cm³/mol. The molecule has 2 N–H and O–H groups in total. The summed E-state index contributed by atoms with van der Waals surface area (Å²) in [6.45, 7) is 0.795. The van der Waals surface area contributed by atoms with Crippen molar-refractivity contribution < 1.29 is 9.90 Å². The van der Waals surface area contributed by atoms with Gasteiger partial charge >= 0.3 is 0 Å². The number of halogens is 1. The van der Waals surface area contributed by atoms with Gasteiger partial charge in [-0.25, -0.2) is 0 Å². The minimum absolute atomic E-state index is 0.0436. The molecule has 82 valence electrons. The summed E-state index contributed by atoms with van der Waals surface area (Å²) in [5.74, 6) is -0.0436. The maximum Gasteiger partial charge on any atom is 0.252 e. The normalized spacial score (nSPS) is 10.0. The van der Waals surface area contributed by atoms with Crippen LogP contribution in [0.4, 0.5) is 0 Å². The van der Waals surface area contributed by atoms with E-state index in [9.17, 15) is 4.79 Å². The molecule has 0 spiro atoms. The first-order valence-electron chi connectivity index (χ1n) is 4.89. The Morgan fingerprint density at radius 1 is 1.33 bits per heavy atom. The number of hydrogen-bond donors (Lipinski definition) is 2. The van der Waals surface area contributed by atoms with Crippen molar-refractivity contribution in [1.82, 2.24) is 5.32 Å². The molecule has 1 rings (SSSR count). The zero-order valence-corrected chi connectivity index (χ0v) is 10.5. The van der Waals surface area contributed by atoms with Gasteiger partial charge in [-0.3, -0.25) is 4.79 Å². The highest BCUT2D eigenvalue weighted by Gasteiger charge is 2.07. The summed E-state index contributed by atoms with van der Waals surface area (Å²) in [6, 6.07) is 7.47. The molecule has 1 amide bonds. The van der Waals surface area contributed by atoms with Crippen LogP contribution in [0.15, 0.2) is 24.3 Å². The first kappa shape index (κ1) is 12.4. The summed E-state index contributed by atoms with van der Waals surface area (Å²) in [5.41, 5.74) is 0.710. The number of unbranched alkanes of at least 4 members (excludes halogenated alkanes) is 1. The number of nitrogens with one attached hydrogen (secondary N) is 1. The molecule has 0 heterocycles. The van der Waals surface area contributed by atoms with Crippen molar-refractivity contribution in [2.24, 2.45) is 0 Å². The van der Waals surface area contributed by atoms with Crippen LogP contribution in [0.2, 0.25) is 0 Å². The number of hydrogen-bond acceptors (Lipinski definition) is 2. The second kappa shape index (κ2) is 6.79. The van der Waals surface area contributed by atoms with Crippen molar-refractivity contribution in [3.8, 4) is 0 Å². The zero-order chi connectivity index (χ0) is 11.1. The Hall–Kier alpha value is -0.620. The third-order valence-corrected chi connectivity index (χ3v) is 2.93. The number of aliphatic hydroxyl groups excluding tert-OH is 1. The fraction of sp³-hybridized carbons (Fsp3) is 0.364. The molecule has 0 saturated heterocycles. The number of rotatable bonds is 5. The van der Waals surface area contributed by atoms with Gasteiger partial charge in [0.25, 0.3) is 5.91 Å². The van der Waals surface area contributed by atoms with Crippen LogP contribution in [0.25, 0.3) is 0 Å². The van der Waals surface area contributed by atoms with Crippen LogP contribution in [0, 0.1) is 3.57 Å². The average Bonchev–Trinajstić information content (AvgIpc) is 2.25. The van der Waals surface area contributed by atoms with E-state index in [1.165, 1.54) is 0 Å². The molecule has 0 aliphatic heterocycles. The van der Waals surface area contributed by atoms with Crippen molar-refractivity contribution in [2.45, 2.75) is 12.8 Å². The molecule has 1 aromatic carbocycles. The van der Waals surface area contributed by atoms with Gasteiger partial charge in [0.15, 0.2) is 0 Å². The van der Waals surface area contributed by atoms with E-state index < -0.39 is 0 Å². The van der Waals surface area contributed by atoms with Crippen LogP contribution < -0.4 is 5.32 Å². The summed E-state index contributed by atoms with van der Waals surface area (Å²) in [5, 5.41) is 11.4. The molecule has 0 unspecified atom stereocenters. The summed E-state index contributed by atoms with van der Waals surface area (Å²) in [6.07, 6.45) is 1.54. The minimum atomic E-state index is -0.0436. The van der Waals surface area contributed by atoms with Gasteiger partial charge in [-0.05, 0) is 47.6 Å². The average molecular weight is 319 g/mol. The maximum absolute atomic E-state index is 11.7. The first-order chi connectivity index (χ1) is 7.25. The molecular formula is C11H14INO2. The smallest absolute Gasteiger partial charge is 0.252 e. The first-order valence-corrected chi connectivity index (χ1v) is 5.97. The number of carbonyl (C=O) groups excluding carboxylic acids is 1. The van der Waals surface area contributed by atoms with Crippen LogP contribution in [0.3, 0.4) is 0 Å². The fourth-order valence-electron chi connectivity index (χ4n) is 1.18. The van der Waals surface area contributed by atoms with Gasteiger partial charge in [0.1, 0.15) is 0 Å². The van der Waals surface area contributed by atoms with Crippen LogP contribution in [0.5, 0.6) is 0 Å². The van der Waals surface area contributed by atoms with Gasteiger partial charge in [0, 0.05) is 16.7 Å². The quantitative estimate of drug-likeness (QED) is 0.642. The molecule has 0 aliphatic carbocycles. The second-order valence-electron chi connectivity index (χ2n) is 3.17. The van der Waals surface area contributed by atoms with Gasteiger partial charge in [-0.15, -0.1) is 0 Å². The molecule has 0 radical (unpaired) electrons. The standard InChI is InChI=1S/C11H14INO2/c12-10-6-2-1-5-9(10)11(15)13-7-3-4-8-14/h1-2,5-6,14H,3-4,7-8H2,(H,13,15). The van der Waals surface area contributed by atoms with Crippen molar-refractivity contribution in [2.75, 3.05) is 13.2 Å². The summed E-state index contributed by atoms with van der Waals surface area (Å²) < 4.78 is 0.953. The van der Waals surface area contributed by atoms with E-state index in [1.807, 2.05) is 24.3 Å². The Morgan fingerprint density at radius 2 is 2.07 bits per heavy atom. The molecule has 15 heavy (non-hydrogen) atoms. The molecule has 3 nitrogen and oxygen atoms in total. The lowest BCUT2D eigenvalue weighted by atomic mass is 10.2. The lowest BCUT2D eigenvalue weighted by Gasteiger charge is -2.05. The SMILES string of the molecule is O=C(NCCCCO)c1ccccc1I. The molecule has 0 bridgehead atoms. The van der Waals surface area contributed by atoms with E-state index >= 15 is 0 Å². The molecule has 0 aliphatic rings. The van der Waals surface area contributed by atoms with E-state index in [-0.39, 0.29) is 12.5 Å². The van der Waals surface area contributed by atoms with Crippen LogP contribution in [-0.2, 0) is 0 Å². The number of carbonyl (C=O) groups is 1. The largest absolute Gasteiger partial charge is 0.396 e. The van der Waals surface area contributed by atoms with Gasteiger partial charge in [0.2, 0.25) is 0 Å². The van der Waals surface area contributed by atoms with Crippen molar-refractivity contribution in [1.29, 1.82) is 0 Å². The highest BCUT2D eigenvalue weighted by Crippen LogP contribution is 2.10. The molecule has 0 aromatic heterocycles. The lowest BCUT2D eigenvalue weighted by molar-refractivity contribution is 0.0951. The van der Waals surface area contributed by atoms with Crippen LogP contribution in [0.1, 0.15) is 23.2 Å². The summed E-state index contributed by atoms with van der Waals surface area (Å²) in [4.78, 5) is 11.7. The summed E-state index contributed by atoms with van der Waals surface area (Å²) in [7, 11) is 0. The van der Waals surface area contributed by atoms with E-state index in [4.69, 9.17) is 5.11 Å². The highest BCUT2D eigenvalue weighted by molar-refractivity contribution is 14.1. The Bertz CT molecular complexity index is 328. The molecule has 0 saturated carbocycles. The Labute approximate surface area is 103 Å². The monoisotopic (exact) mass is 319 g/mol. The second-order valence-corrected chi connectivity index (χ2v) is 4.33. The third-order valence-electron chi connectivity index (χ3n) is 1.99. The Balaban J connectivity index is 2.44. The Kier molecular flexibility index (Phi) is 5.63. The fourth-order valence-corrected chi connectivity index (χ4v) is 1.81. The maximum atomic E-state index is 11.7. The van der Waals surface area contributed by atoms with Crippen LogP contribution in [-0.4, -0.2) is 24.2 Å². The van der Waals surface area contributed by atoms with Crippen molar-refractivity contribution in [3.05, 3.63) is 33.4 Å². The van der Waals surface area contributed by atoms with Crippen LogP contribution >= 0.6 is 22.6 Å². The molecule has 1 aromatic rings. The lowest BCUT2D eigenvalue weighted by Crippen LogP contribution is -2.25. The van der Waals surface area contributed by atoms with Gasteiger partial charge < -0.3 is 10.4 Å².